The molecule has 3 N–H and O–H groups in total. The summed E-state index contributed by atoms with van der Waals surface area (Å²) in [7, 11) is 0. The first kappa shape index (κ1) is 14.4. The van der Waals surface area contributed by atoms with Crippen molar-refractivity contribution in [2.24, 2.45) is 5.73 Å². The molecule has 0 spiro atoms. The van der Waals surface area contributed by atoms with E-state index in [2.05, 4.69) is 5.32 Å². The third-order valence-corrected chi connectivity index (χ3v) is 4.35. The highest BCUT2D eigenvalue weighted by Crippen LogP contribution is 2.38. The van der Waals surface area contributed by atoms with Gasteiger partial charge in [-0.25, -0.2) is 13.2 Å². The van der Waals surface area contributed by atoms with Crippen LogP contribution in [0.2, 0.25) is 0 Å². The third kappa shape index (κ3) is 2.50. The smallest absolute Gasteiger partial charge is 0.188 e. The fraction of sp³-hybridized carbons (Fsp3) is 0.615. The second-order valence-electron chi connectivity index (χ2n) is 5.39. The lowest BCUT2D eigenvalue weighted by atomic mass is 9.76. The highest BCUT2D eigenvalue weighted by Gasteiger charge is 2.47. The highest BCUT2D eigenvalue weighted by molar-refractivity contribution is 7.80. The van der Waals surface area contributed by atoms with Gasteiger partial charge in [0, 0.05) is 12.1 Å². The number of allylic oxidation sites excluding steroid dienone is 2. The molecule has 0 aromatic rings. The van der Waals surface area contributed by atoms with Crippen molar-refractivity contribution in [2.75, 3.05) is 6.67 Å². The maximum atomic E-state index is 14.1. The predicted molar refractivity (Wildman–Crippen MR) is 73.1 cm³/mol. The number of hydrogen-bond acceptors (Lipinski definition) is 2. The van der Waals surface area contributed by atoms with E-state index in [1.165, 1.54) is 0 Å². The molecule has 1 fully saturated rings. The second kappa shape index (κ2) is 4.81. The Morgan fingerprint density at radius 2 is 2.21 bits per heavy atom. The molecule has 2 rings (SSSR count). The van der Waals surface area contributed by atoms with Crippen LogP contribution >= 0.6 is 12.2 Å². The quantitative estimate of drug-likeness (QED) is 0.768. The zero-order valence-corrected chi connectivity index (χ0v) is 11.5. The second-order valence-corrected chi connectivity index (χ2v) is 5.80. The SMILES string of the molecule is C[C@@]1(C2=CC(N)=CCC2F)CC[C@](F)(CF)C(=S)N1. The summed E-state index contributed by atoms with van der Waals surface area (Å²) in [4.78, 5) is -0.190. The zero-order valence-electron chi connectivity index (χ0n) is 10.7. The molecular weight excluding hydrogens is 273 g/mol. The molecule has 1 heterocycles. The molecule has 1 unspecified atom stereocenters. The van der Waals surface area contributed by atoms with Crippen molar-refractivity contribution in [3.63, 3.8) is 0 Å². The minimum absolute atomic E-state index is 0.0560. The average molecular weight is 290 g/mol. The Bertz CT molecular complexity index is 463. The van der Waals surface area contributed by atoms with Crippen molar-refractivity contribution >= 4 is 17.2 Å². The van der Waals surface area contributed by atoms with E-state index in [0.717, 1.165) is 0 Å². The lowest BCUT2D eigenvalue weighted by molar-refractivity contribution is 0.143. The standard InChI is InChI=1S/C13H17F3N2S/c1-12(9-6-8(17)2-3-10(9)15)4-5-13(16,7-14)11(19)18-12/h2,6,10H,3-5,7,17H2,1H3,(H,18,19)/t10?,12-,13-/m0/s1. The number of alkyl halides is 3. The van der Waals surface area contributed by atoms with Gasteiger partial charge >= 0.3 is 0 Å². The lowest BCUT2D eigenvalue weighted by Gasteiger charge is -2.44. The first-order valence-corrected chi connectivity index (χ1v) is 6.61. The van der Waals surface area contributed by atoms with Gasteiger partial charge in [0.25, 0.3) is 0 Å². The zero-order chi connectivity index (χ0) is 14.3. The summed E-state index contributed by atoms with van der Waals surface area (Å²) >= 11 is 4.90. The van der Waals surface area contributed by atoms with Crippen LogP contribution in [0.15, 0.2) is 23.4 Å². The minimum Gasteiger partial charge on any atom is -0.399 e. The van der Waals surface area contributed by atoms with E-state index in [1.807, 2.05) is 0 Å². The number of rotatable bonds is 2. The molecule has 0 aromatic carbocycles. The Kier molecular flexibility index (Phi) is 3.64. The maximum absolute atomic E-state index is 14.1. The van der Waals surface area contributed by atoms with Crippen LogP contribution in [0.1, 0.15) is 26.2 Å². The largest absolute Gasteiger partial charge is 0.399 e. The van der Waals surface area contributed by atoms with Gasteiger partial charge < -0.3 is 11.1 Å². The van der Waals surface area contributed by atoms with Gasteiger partial charge in [0.2, 0.25) is 0 Å². The van der Waals surface area contributed by atoms with Crippen molar-refractivity contribution < 1.29 is 13.2 Å². The Morgan fingerprint density at radius 3 is 2.79 bits per heavy atom. The van der Waals surface area contributed by atoms with Crippen LogP contribution < -0.4 is 11.1 Å². The van der Waals surface area contributed by atoms with E-state index < -0.39 is 24.1 Å². The summed E-state index contributed by atoms with van der Waals surface area (Å²) in [6, 6.07) is 0. The van der Waals surface area contributed by atoms with Crippen molar-refractivity contribution in [3.05, 3.63) is 23.4 Å². The van der Waals surface area contributed by atoms with Gasteiger partial charge in [-0.2, -0.15) is 0 Å². The predicted octanol–water partition coefficient (Wildman–Crippen LogP) is 2.64. The number of thiocarbonyl (C=S) groups is 1. The van der Waals surface area contributed by atoms with E-state index in [4.69, 9.17) is 18.0 Å². The van der Waals surface area contributed by atoms with E-state index in [9.17, 15) is 13.2 Å². The van der Waals surface area contributed by atoms with E-state index >= 15 is 0 Å². The number of nitrogens with one attached hydrogen (secondary N) is 1. The molecule has 1 aliphatic carbocycles. The van der Waals surface area contributed by atoms with E-state index in [1.54, 1.807) is 19.1 Å². The minimum atomic E-state index is -2.13. The molecule has 0 saturated carbocycles. The van der Waals surface area contributed by atoms with Gasteiger partial charge in [-0.1, -0.05) is 18.3 Å². The summed E-state index contributed by atoms with van der Waals surface area (Å²) in [6.07, 6.45) is 2.41. The van der Waals surface area contributed by atoms with E-state index in [0.29, 0.717) is 11.3 Å². The number of piperidine rings is 1. The van der Waals surface area contributed by atoms with Crippen LogP contribution in [0, 0.1) is 0 Å². The Balaban J connectivity index is 2.26. The summed E-state index contributed by atoms with van der Waals surface area (Å²) < 4.78 is 40.8. The van der Waals surface area contributed by atoms with Crippen LogP contribution in [0.3, 0.4) is 0 Å². The Morgan fingerprint density at radius 1 is 1.53 bits per heavy atom. The third-order valence-electron chi connectivity index (χ3n) is 3.89. The summed E-state index contributed by atoms with van der Waals surface area (Å²) in [6.45, 7) is 0.586. The van der Waals surface area contributed by atoms with Gasteiger partial charge in [0.1, 0.15) is 17.8 Å². The van der Waals surface area contributed by atoms with Crippen LogP contribution in [0.25, 0.3) is 0 Å². The molecule has 2 aliphatic rings. The Labute approximate surface area is 115 Å². The van der Waals surface area contributed by atoms with Crippen LogP contribution in [0.5, 0.6) is 0 Å². The molecule has 0 aromatic heterocycles. The van der Waals surface area contributed by atoms with Gasteiger partial charge in [0.05, 0.1) is 5.54 Å². The summed E-state index contributed by atoms with van der Waals surface area (Å²) in [5, 5.41) is 2.78. The van der Waals surface area contributed by atoms with Gasteiger partial charge in [0.15, 0.2) is 5.67 Å². The summed E-state index contributed by atoms with van der Waals surface area (Å²) in [5.41, 5.74) is 3.70. The van der Waals surface area contributed by atoms with Crippen molar-refractivity contribution in [3.8, 4) is 0 Å². The summed E-state index contributed by atoms with van der Waals surface area (Å²) in [5.74, 6) is 0. The topological polar surface area (TPSA) is 38.0 Å². The number of nitrogens with two attached hydrogens (primary N) is 1. The van der Waals surface area contributed by atoms with Gasteiger partial charge in [-0.15, -0.1) is 0 Å². The molecule has 6 heteroatoms. The molecule has 1 aliphatic heterocycles. The number of halogens is 3. The Hall–Kier alpha value is -1.04. The molecule has 106 valence electrons. The first-order chi connectivity index (χ1) is 8.81. The van der Waals surface area contributed by atoms with Crippen molar-refractivity contribution in [1.82, 2.24) is 5.32 Å². The maximum Gasteiger partial charge on any atom is 0.188 e. The molecule has 1 saturated heterocycles. The monoisotopic (exact) mass is 290 g/mol. The van der Waals surface area contributed by atoms with Crippen LogP contribution in [0.4, 0.5) is 13.2 Å². The highest BCUT2D eigenvalue weighted by atomic mass is 32.1. The van der Waals surface area contributed by atoms with E-state index in [-0.39, 0.29) is 24.3 Å². The molecule has 0 bridgehead atoms. The molecule has 19 heavy (non-hydrogen) atoms. The molecule has 0 radical (unpaired) electrons. The molecular formula is C13H17F3N2S. The van der Waals surface area contributed by atoms with Crippen LogP contribution in [-0.2, 0) is 0 Å². The molecule has 3 atom stereocenters. The molecule has 2 nitrogen and oxygen atoms in total. The number of hydrogen-bond donors (Lipinski definition) is 2. The fourth-order valence-electron chi connectivity index (χ4n) is 2.53. The van der Waals surface area contributed by atoms with Crippen molar-refractivity contribution in [1.29, 1.82) is 0 Å². The van der Waals surface area contributed by atoms with Crippen LogP contribution in [-0.4, -0.2) is 29.0 Å². The normalized spacial score (nSPS) is 39.4. The van der Waals surface area contributed by atoms with Gasteiger partial charge in [-0.05, 0) is 31.4 Å². The molecule has 0 amide bonds. The van der Waals surface area contributed by atoms with Crippen molar-refractivity contribution in [2.45, 2.75) is 43.6 Å². The van der Waals surface area contributed by atoms with Gasteiger partial charge in [-0.3, -0.25) is 0 Å². The lowest BCUT2D eigenvalue weighted by Crippen LogP contribution is -2.60. The fourth-order valence-corrected chi connectivity index (χ4v) is 2.91. The average Bonchev–Trinajstić information content (AvgIpc) is 2.37. The first-order valence-electron chi connectivity index (χ1n) is 6.20.